The van der Waals surface area contributed by atoms with Gasteiger partial charge in [-0.3, -0.25) is 4.79 Å². The standard InChI is InChI=1S/C21H15FN2OS/c1-14-4-2-3-5-19(14)24-21(25)16(13-23)12-18-10-11-20(26-18)15-6-8-17(22)9-7-15/h2-12H,1H3,(H,24,25)/b16-12+. The van der Waals surface area contributed by atoms with Gasteiger partial charge >= 0.3 is 0 Å². The summed E-state index contributed by atoms with van der Waals surface area (Å²) in [7, 11) is 0. The molecule has 1 N–H and O–H groups in total. The van der Waals surface area contributed by atoms with Crippen molar-refractivity contribution in [3.8, 4) is 16.5 Å². The Morgan fingerprint density at radius 3 is 2.54 bits per heavy atom. The van der Waals surface area contributed by atoms with E-state index in [2.05, 4.69) is 5.32 Å². The maximum Gasteiger partial charge on any atom is 0.266 e. The number of anilines is 1. The first-order valence-corrected chi connectivity index (χ1v) is 8.73. The molecule has 5 heteroatoms. The summed E-state index contributed by atoms with van der Waals surface area (Å²) in [4.78, 5) is 14.1. The third kappa shape index (κ3) is 4.05. The zero-order valence-corrected chi connectivity index (χ0v) is 14.8. The minimum absolute atomic E-state index is 0.0285. The van der Waals surface area contributed by atoms with E-state index >= 15 is 0 Å². The highest BCUT2D eigenvalue weighted by Crippen LogP contribution is 2.29. The molecule has 128 valence electrons. The lowest BCUT2D eigenvalue weighted by Gasteiger charge is -2.06. The number of nitriles is 1. The fraction of sp³-hybridized carbons (Fsp3) is 0.0476. The van der Waals surface area contributed by atoms with Crippen molar-refractivity contribution in [3.05, 3.63) is 82.5 Å². The third-order valence-corrected chi connectivity index (χ3v) is 4.88. The quantitative estimate of drug-likeness (QED) is 0.498. The molecule has 0 atom stereocenters. The number of nitrogens with one attached hydrogen (secondary N) is 1. The van der Waals surface area contributed by atoms with Crippen LogP contribution in [-0.2, 0) is 4.79 Å². The van der Waals surface area contributed by atoms with E-state index in [1.54, 1.807) is 24.3 Å². The molecule has 26 heavy (non-hydrogen) atoms. The lowest BCUT2D eigenvalue weighted by atomic mass is 10.1. The average molecular weight is 362 g/mol. The van der Waals surface area contributed by atoms with E-state index in [9.17, 15) is 14.4 Å². The first-order chi connectivity index (χ1) is 12.6. The van der Waals surface area contributed by atoms with Gasteiger partial charge in [-0.1, -0.05) is 30.3 Å². The minimum Gasteiger partial charge on any atom is -0.321 e. The molecular formula is C21H15FN2OS. The van der Waals surface area contributed by atoms with Crippen molar-refractivity contribution in [1.82, 2.24) is 0 Å². The summed E-state index contributed by atoms with van der Waals surface area (Å²) in [5.74, 6) is -0.733. The topological polar surface area (TPSA) is 52.9 Å². The molecule has 2 aromatic carbocycles. The van der Waals surface area contributed by atoms with E-state index in [1.165, 1.54) is 23.5 Å². The number of para-hydroxylation sites is 1. The molecule has 0 aliphatic carbocycles. The van der Waals surface area contributed by atoms with Crippen molar-refractivity contribution in [3.63, 3.8) is 0 Å². The summed E-state index contributed by atoms with van der Waals surface area (Å²) in [6.07, 6.45) is 1.56. The van der Waals surface area contributed by atoms with Gasteiger partial charge in [0, 0.05) is 15.4 Å². The van der Waals surface area contributed by atoms with E-state index < -0.39 is 5.91 Å². The van der Waals surface area contributed by atoms with E-state index in [-0.39, 0.29) is 11.4 Å². The van der Waals surface area contributed by atoms with Crippen LogP contribution < -0.4 is 5.32 Å². The van der Waals surface area contributed by atoms with Crippen LogP contribution in [0.25, 0.3) is 16.5 Å². The van der Waals surface area contributed by atoms with Crippen molar-refractivity contribution in [2.75, 3.05) is 5.32 Å². The monoisotopic (exact) mass is 362 g/mol. The van der Waals surface area contributed by atoms with Crippen molar-refractivity contribution in [2.45, 2.75) is 6.92 Å². The molecule has 0 bridgehead atoms. The summed E-state index contributed by atoms with van der Waals surface area (Å²) < 4.78 is 13.0. The van der Waals surface area contributed by atoms with Crippen molar-refractivity contribution >= 4 is 29.0 Å². The van der Waals surface area contributed by atoms with E-state index in [0.717, 1.165) is 20.9 Å². The number of amides is 1. The summed E-state index contributed by atoms with van der Waals surface area (Å²) in [5, 5.41) is 12.1. The number of nitrogens with zero attached hydrogens (tertiary/aromatic N) is 1. The molecule has 3 nitrogen and oxygen atoms in total. The maximum absolute atomic E-state index is 13.0. The minimum atomic E-state index is -0.446. The number of thiophene rings is 1. The number of aryl methyl sites for hydroxylation is 1. The second kappa shape index (κ2) is 7.77. The predicted octanol–water partition coefficient (Wildman–Crippen LogP) is 5.41. The first-order valence-electron chi connectivity index (χ1n) is 7.91. The van der Waals surface area contributed by atoms with Crippen molar-refractivity contribution < 1.29 is 9.18 Å². The Bertz CT molecular complexity index is 1010. The van der Waals surface area contributed by atoms with Gasteiger partial charge in [0.2, 0.25) is 0 Å². The summed E-state index contributed by atoms with van der Waals surface area (Å²) in [6.45, 7) is 1.89. The Hall–Kier alpha value is -3.23. The molecule has 1 aromatic heterocycles. The molecule has 3 rings (SSSR count). The van der Waals surface area contributed by atoms with Gasteiger partial charge in [-0.15, -0.1) is 11.3 Å². The SMILES string of the molecule is Cc1ccccc1NC(=O)/C(C#N)=C/c1ccc(-c2ccc(F)cc2)s1. The predicted molar refractivity (Wildman–Crippen MR) is 103 cm³/mol. The van der Waals surface area contributed by atoms with Crippen LogP contribution in [-0.4, -0.2) is 5.91 Å². The fourth-order valence-electron chi connectivity index (χ4n) is 2.39. The van der Waals surface area contributed by atoms with E-state index in [4.69, 9.17) is 0 Å². The van der Waals surface area contributed by atoms with Gasteiger partial charge in [0.1, 0.15) is 17.5 Å². The Morgan fingerprint density at radius 1 is 1.12 bits per heavy atom. The van der Waals surface area contributed by atoms with Gasteiger partial charge < -0.3 is 5.32 Å². The van der Waals surface area contributed by atoms with Crippen LogP contribution in [0.2, 0.25) is 0 Å². The smallest absolute Gasteiger partial charge is 0.266 e. The molecule has 0 unspecified atom stereocenters. The molecule has 0 saturated carbocycles. The lowest BCUT2D eigenvalue weighted by Crippen LogP contribution is -2.14. The van der Waals surface area contributed by atoms with Gasteiger partial charge in [-0.2, -0.15) is 5.26 Å². The molecule has 0 aliphatic rings. The van der Waals surface area contributed by atoms with Gasteiger partial charge in [-0.25, -0.2) is 4.39 Å². The summed E-state index contributed by atoms with van der Waals surface area (Å²) in [6, 6.07) is 19.3. The number of carbonyl (C=O) groups is 1. The highest BCUT2D eigenvalue weighted by Gasteiger charge is 2.11. The van der Waals surface area contributed by atoms with Crippen LogP contribution >= 0.6 is 11.3 Å². The van der Waals surface area contributed by atoms with Gasteiger partial charge in [0.25, 0.3) is 5.91 Å². The number of halogens is 1. The van der Waals surface area contributed by atoms with E-state index in [0.29, 0.717) is 5.69 Å². The number of hydrogen-bond acceptors (Lipinski definition) is 3. The van der Waals surface area contributed by atoms with Crippen LogP contribution in [0, 0.1) is 24.1 Å². The highest BCUT2D eigenvalue weighted by molar-refractivity contribution is 7.16. The fourth-order valence-corrected chi connectivity index (χ4v) is 3.35. The molecule has 3 aromatic rings. The van der Waals surface area contributed by atoms with Crippen LogP contribution in [0.15, 0.2) is 66.2 Å². The summed E-state index contributed by atoms with van der Waals surface area (Å²) >= 11 is 1.43. The molecule has 1 heterocycles. The normalized spacial score (nSPS) is 11.0. The molecule has 0 fully saturated rings. The number of rotatable bonds is 4. The molecule has 0 spiro atoms. The summed E-state index contributed by atoms with van der Waals surface area (Å²) in [5.41, 5.74) is 2.52. The number of carbonyl (C=O) groups excluding carboxylic acids is 1. The van der Waals surface area contributed by atoms with Gasteiger partial charge in [0.05, 0.1) is 0 Å². The van der Waals surface area contributed by atoms with Gasteiger partial charge in [-0.05, 0) is 54.5 Å². The Kier molecular flexibility index (Phi) is 5.26. The second-order valence-electron chi connectivity index (χ2n) is 5.65. The number of hydrogen-bond donors (Lipinski definition) is 1. The molecule has 0 saturated heterocycles. The third-order valence-electron chi connectivity index (χ3n) is 3.80. The van der Waals surface area contributed by atoms with E-state index in [1.807, 2.05) is 43.3 Å². The largest absolute Gasteiger partial charge is 0.321 e. The van der Waals surface area contributed by atoms with Crippen molar-refractivity contribution in [1.29, 1.82) is 5.26 Å². The molecule has 1 amide bonds. The first kappa shape index (κ1) is 17.6. The van der Waals surface area contributed by atoms with Crippen LogP contribution in [0.1, 0.15) is 10.4 Å². The van der Waals surface area contributed by atoms with Crippen LogP contribution in [0.5, 0.6) is 0 Å². The van der Waals surface area contributed by atoms with Gasteiger partial charge in [0.15, 0.2) is 0 Å². The zero-order valence-electron chi connectivity index (χ0n) is 14.0. The lowest BCUT2D eigenvalue weighted by molar-refractivity contribution is -0.112. The van der Waals surface area contributed by atoms with Crippen molar-refractivity contribution in [2.24, 2.45) is 0 Å². The Morgan fingerprint density at radius 2 is 1.85 bits per heavy atom. The Labute approximate surface area is 155 Å². The van der Waals surface area contributed by atoms with Crippen LogP contribution in [0.4, 0.5) is 10.1 Å². The Balaban J connectivity index is 1.81. The molecular weight excluding hydrogens is 347 g/mol. The number of benzene rings is 2. The average Bonchev–Trinajstić information content (AvgIpc) is 3.10. The maximum atomic E-state index is 13.0. The zero-order chi connectivity index (χ0) is 18.5. The highest BCUT2D eigenvalue weighted by atomic mass is 32.1. The molecule has 0 aliphatic heterocycles. The second-order valence-corrected chi connectivity index (χ2v) is 6.76. The molecule has 0 radical (unpaired) electrons. The van der Waals surface area contributed by atoms with Crippen LogP contribution in [0.3, 0.4) is 0 Å².